The van der Waals surface area contributed by atoms with Crippen LogP contribution in [0, 0.1) is 20.8 Å². The van der Waals surface area contributed by atoms with Gasteiger partial charge in [-0.25, -0.2) is 13.4 Å². The minimum absolute atomic E-state index is 0.127. The van der Waals surface area contributed by atoms with Gasteiger partial charge in [0.2, 0.25) is 0 Å². The standard InChI is InChI=1S/C17H18N4O3S/c1-11-7-8-12(2)14(10-11)25(23,24)20-19-17(22)16-13(3)18-15-6-4-5-9-21(15)16/h4-10,20H,1-3H3,(H,19,22). The molecule has 0 spiro atoms. The first-order chi connectivity index (χ1) is 11.8. The van der Waals surface area contributed by atoms with Crippen molar-refractivity contribution in [1.29, 1.82) is 0 Å². The number of nitrogens with zero attached hydrogens (tertiary/aromatic N) is 2. The van der Waals surface area contributed by atoms with E-state index in [1.807, 2.05) is 12.1 Å². The van der Waals surface area contributed by atoms with Gasteiger partial charge in [-0.15, -0.1) is 4.83 Å². The Morgan fingerprint density at radius 2 is 1.88 bits per heavy atom. The molecule has 3 aromatic rings. The molecule has 0 atom stereocenters. The number of benzene rings is 1. The Labute approximate surface area is 145 Å². The highest BCUT2D eigenvalue weighted by Gasteiger charge is 2.21. The van der Waals surface area contributed by atoms with Gasteiger partial charge in [0.05, 0.1) is 10.6 Å². The predicted octanol–water partition coefficient (Wildman–Crippen LogP) is 1.88. The minimum Gasteiger partial charge on any atom is -0.295 e. The maximum absolute atomic E-state index is 12.5. The highest BCUT2D eigenvalue weighted by molar-refractivity contribution is 7.89. The Hall–Kier alpha value is -2.71. The van der Waals surface area contributed by atoms with Gasteiger partial charge in [0.1, 0.15) is 11.3 Å². The van der Waals surface area contributed by atoms with Crippen LogP contribution in [0.3, 0.4) is 0 Å². The number of nitrogens with one attached hydrogen (secondary N) is 2. The molecule has 0 radical (unpaired) electrons. The van der Waals surface area contributed by atoms with Crippen molar-refractivity contribution < 1.29 is 13.2 Å². The maximum Gasteiger partial charge on any atom is 0.285 e. The first-order valence-electron chi connectivity index (χ1n) is 7.63. The molecule has 0 bridgehead atoms. The summed E-state index contributed by atoms with van der Waals surface area (Å²) >= 11 is 0. The number of sulfonamides is 1. The predicted molar refractivity (Wildman–Crippen MR) is 93.6 cm³/mol. The third kappa shape index (κ3) is 3.26. The Morgan fingerprint density at radius 1 is 1.12 bits per heavy atom. The fourth-order valence-corrected chi connectivity index (χ4v) is 3.78. The van der Waals surface area contributed by atoms with Crippen LogP contribution in [0.4, 0.5) is 0 Å². The summed E-state index contributed by atoms with van der Waals surface area (Å²) in [7, 11) is -3.88. The average molecular weight is 358 g/mol. The van der Waals surface area contributed by atoms with Crippen molar-refractivity contribution in [2.24, 2.45) is 0 Å². The lowest BCUT2D eigenvalue weighted by Crippen LogP contribution is -2.42. The summed E-state index contributed by atoms with van der Waals surface area (Å²) in [5, 5.41) is 0. The Balaban J connectivity index is 1.86. The Morgan fingerprint density at radius 3 is 2.64 bits per heavy atom. The number of fused-ring (bicyclic) bond motifs is 1. The molecule has 7 nitrogen and oxygen atoms in total. The minimum atomic E-state index is -3.88. The molecule has 25 heavy (non-hydrogen) atoms. The number of carbonyl (C=O) groups excluding carboxylic acids is 1. The monoisotopic (exact) mass is 358 g/mol. The molecule has 1 amide bonds. The van der Waals surface area contributed by atoms with Gasteiger partial charge in [0.15, 0.2) is 0 Å². The molecule has 0 fully saturated rings. The summed E-state index contributed by atoms with van der Waals surface area (Å²) in [6.07, 6.45) is 1.70. The number of aryl methyl sites for hydroxylation is 3. The first kappa shape index (κ1) is 17.1. The second-order valence-electron chi connectivity index (χ2n) is 5.80. The number of rotatable bonds is 4. The highest BCUT2D eigenvalue weighted by Crippen LogP contribution is 2.16. The van der Waals surface area contributed by atoms with Crippen molar-refractivity contribution in [1.82, 2.24) is 19.6 Å². The Kier molecular flexibility index (Phi) is 4.32. The lowest BCUT2D eigenvalue weighted by atomic mass is 10.2. The number of hydrogen-bond acceptors (Lipinski definition) is 4. The highest BCUT2D eigenvalue weighted by atomic mass is 32.2. The largest absolute Gasteiger partial charge is 0.295 e. The van der Waals surface area contributed by atoms with Crippen molar-refractivity contribution in [3.8, 4) is 0 Å². The zero-order valence-corrected chi connectivity index (χ0v) is 14.9. The molecule has 130 valence electrons. The van der Waals surface area contributed by atoms with E-state index >= 15 is 0 Å². The van der Waals surface area contributed by atoms with Crippen molar-refractivity contribution in [2.75, 3.05) is 0 Å². The van der Waals surface area contributed by atoms with Gasteiger partial charge in [-0.2, -0.15) is 0 Å². The third-order valence-corrected chi connectivity index (χ3v) is 5.24. The van der Waals surface area contributed by atoms with E-state index in [1.165, 1.54) is 0 Å². The van der Waals surface area contributed by atoms with E-state index in [2.05, 4.69) is 15.2 Å². The van der Waals surface area contributed by atoms with E-state index in [9.17, 15) is 13.2 Å². The smallest absolute Gasteiger partial charge is 0.285 e. The molecule has 3 rings (SSSR count). The molecule has 2 N–H and O–H groups in total. The number of pyridine rings is 1. The van der Waals surface area contributed by atoms with Gasteiger partial charge in [0.25, 0.3) is 15.9 Å². The summed E-state index contributed by atoms with van der Waals surface area (Å²) in [6, 6.07) is 10.5. The van der Waals surface area contributed by atoms with E-state index in [0.717, 1.165) is 5.56 Å². The molecule has 0 aliphatic carbocycles. The average Bonchev–Trinajstić information content (AvgIpc) is 2.90. The molecule has 0 aliphatic rings. The molecule has 0 aliphatic heterocycles. The zero-order valence-electron chi connectivity index (χ0n) is 14.1. The fourth-order valence-electron chi connectivity index (χ4n) is 2.61. The Bertz CT molecular complexity index is 1070. The van der Waals surface area contributed by atoms with Crippen LogP contribution in [-0.2, 0) is 10.0 Å². The summed E-state index contributed by atoms with van der Waals surface area (Å²) in [5.74, 6) is -0.579. The molecule has 8 heteroatoms. The van der Waals surface area contributed by atoms with Crippen molar-refractivity contribution >= 4 is 21.6 Å². The molecule has 0 unspecified atom stereocenters. The first-order valence-corrected chi connectivity index (χ1v) is 9.11. The normalized spacial score (nSPS) is 11.6. The molecule has 2 aromatic heterocycles. The van der Waals surface area contributed by atoms with Crippen LogP contribution >= 0.6 is 0 Å². The summed E-state index contributed by atoms with van der Waals surface area (Å²) in [4.78, 5) is 19.0. The van der Waals surface area contributed by atoms with Gasteiger partial charge < -0.3 is 0 Å². The van der Waals surface area contributed by atoms with E-state index in [0.29, 0.717) is 16.9 Å². The van der Waals surface area contributed by atoms with Crippen LogP contribution < -0.4 is 10.3 Å². The summed E-state index contributed by atoms with van der Waals surface area (Å²) in [5.41, 5.74) is 5.08. The number of hydrazine groups is 1. The van der Waals surface area contributed by atoms with Crippen LogP contribution in [-0.4, -0.2) is 23.7 Å². The van der Waals surface area contributed by atoms with Crippen LogP contribution in [0.1, 0.15) is 27.3 Å². The lowest BCUT2D eigenvalue weighted by Gasteiger charge is -2.11. The number of imidazole rings is 1. The van der Waals surface area contributed by atoms with Crippen LogP contribution in [0.25, 0.3) is 5.65 Å². The second kappa shape index (κ2) is 6.30. The van der Waals surface area contributed by atoms with Crippen molar-refractivity contribution in [3.63, 3.8) is 0 Å². The van der Waals surface area contributed by atoms with Crippen LogP contribution in [0.15, 0.2) is 47.5 Å². The summed E-state index contributed by atoms with van der Waals surface area (Å²) in [6.45, 7) is 5.20. The van der Waals surface area contributed by atoms with E-state index in [1.54, 1.807) is 55.6 Å². The fraction of sp³-hybridized carbons (Fsp3) is 0.176. The quantitative estimate of drug-likeness (QED) is 0.697. The lowest BCUT2D eigenvalue weighted by molar-refractivity contribution is 0.0938. The number of amides is 1. The molecule has 0 saturated heterocycles. The SMILES string of the molecule is Cc1ccc(C)c(S(=O)(=O)NNC(=O)c2c(C)nc3ccccn23)c1. The molecule has 1 aromatic carbocycles. The topological polar surface area (TPSA) is 92.6 Å². The zero-order chi connectivity index (χ0) is 18.2. The van der Waals surface area contributed by atoms with E-state index in [-0.39, 0.29) is 10.6 Å². The van der Waals surface area contributed by atoms with Gasteiger partial charge in [-0.1, -0.05) is 18.2 Å². The third-order valence-electron chi connectivity index (χ3n) is 3.85. The van der Waals surface area contributed by atoms with Crippen molar-refractivity contribution in [2.45, 2.75) is 25.7 Å². The number of hydrogen-bond donors (Lipinski definition) is 2. The van der Waals surface area contributed by atoms with Crippen LogP contribution in [0.2, 0.25) is 0 Å². The number of carbonyl (C=O) groups is 1. The van der Waals surface area contributed by atoms with Crippen LogP contribution in [0.5, 0.6) is 0 Å². The van der Waals surface area contributed by atoms with Gasteiger partial charge >= 0.3 is 0 Å². The van der Waals surface area contributed by atoms with Gasteiger partial charge in [-0.05, 0) is 50.1 Å². The molecular weight excluding hydrogens is 340 g/mol. The molecule has 0 saturated carbocycles. The molecular formula is C17H18N4O3S. The van der Waals surface area contributed by atoms with Gasteiger partial charge in [0, 0.05) is 6.20 Å². The van der Waals surface area contributed by atoms with Crippen molar-refractivity contribution in [3.05, 3.63) is 65.1 Å². The van der Waals surface area contributed by atoms with Gasteiger partial charge in [-0.3, -0.25) is 14.6 Å². The second-order valence-corrected chi connectivity index (χ2v) is 7.45. The van der Waals surface area contributed by atoms with E-state index in [4.69, 9.17) is 0 Å². The maximum atomic E-state index is 12.5. The molecule has 2 heterocycles. The van der Waals surface area contributed by atoms with E-state index < -0.39 is 15.9 Å². The summed E-state index contributed by atoms with van der Waals surface area (Å²) < 4.78 is 26.6. The number of aromatic nitrogens is 2.